The standard InChI is InChI=1S/C15H19BrN4/c1-3-20-14(15(16)10(2)18-20)9-19-8-7-11-12(17)5-4-6-13(11)19/h4-6H,3,7-9,17H2,1-2H3. The van der Waals surface area contributed by atoms with E-state index in [4.69, 9.17) is 5.73 Å². The number of aromatic nitrogens is 2. The molecule has 1 aliphatic heterocycles. The first-order valence-corrected chi connectivity index (χ1v) is 7.75. The number of nitrogens with zero attached hydrogens (tertiary/aromatic N) is 3. The predicted molar refractivity (Wildman–Crippen MR) is 85.9 cm³/mol. The van der Waals surface area contributed by atoms with Crippen molar-refractivity contribution in [2.24, 2.45) is 0 Å². The van der Waals surface area contributed by atoms with Crippen LogP contribution in [0, 0.1) is 6.92 Å². The lowest BCUT2D eigenvalue weighted by Crippen LogP contribution is -2.22. The summed E-state index contributed by atoms with van der Waals surface area (Å²) in [5.74, 6) is 0. The van der Waals surface area contributed by atoms with E-state index in [1.165, 1.54) is 16.9 Å². The highest BCUT2D eigenvalue weighted by atomic mass is 79.9. The molecule has 0 aliphatic carbocycles. The van der Waals surface area contributed by atoms with Gasteiger partial charge in [0.05, 0.1) is 22.4 Å². The number of aryl methyl sites for hydroxylation is 2. The Morgan fingerprint density at radius 3 is 2.95 bits per heavy atom. The van der Waals surface area contributed by atoms with Crippen molar-refractivity contribution in [1.29, 1.82) is 0 Å². The summed E-state index contributed by atoms with van der Waals surface area (Å²) in [6, 6.07) is 6.18. The number of nitrogen functional groups attached to an aromatic ring is 1. The van der Waals surface area contributed by atoms with E-state index in [1.54, 1.807) is 0 Å². The largest absolute Gasteiger partial charge is 0.398 e. The van der Waals surface area contributed by atoms with Crippen molar-refractivity contribution in [3.05, 3.63) is 39.6 Å². The molecule has 0 saturated heterocycles. The third kappa shape index (κ3) is 2.10. The normalized spacial score (nSPS) is 13.8. The van der Waals surface area contributed by atoms with E-state index in [2.05, 4.69) is 43.6 Å². The zero-order valence-electron chi connectivity index (χ0n) is 11.9. The van der Waals surface area contributed by atoms with Crippen molar-refractivity contribution in [3.8, 4) is 0 Å². The van der Waals surface area contributed by atoms with Gasteiger partial charge in [-0.3, -0.25) is 4.68 Å². The summed E-state index contributed by atoms with van der Waals surface area (Å²) in [5.41, 5.74) is 11.8. The van der Waals surface area contributed by atoms with Gasteiger partial charge < -0.3 is 10.6 Å². The number of rotatable bonds is 3. The summed E-state index contributed by atoms with van der Waals surface area (Å²) in [6.07, 6.45) is 1.03. The van der Waals surface area contributed by atoms with Gasteiger partial charge in [-0.1, -0.05) is 6.07 Å². The second-order valence-electron chi connectivity index (χ2n) is 5.18. The minimum atomic E-state index is 0.867. The molecular weight excluding hydrogens is 316 g/mol. The molecule has 0 fully saturated rings. The summed E-state index contributed by atoms with van der Waals surface area (Å²) >= 11 is 3.67. The molecule has 2 N–H and O–H groups in total. The van der Waals surface area contributed by atoms with Gasteiger partial charge in [0.15, 0.2) is 0 Å². The zero-order valence-corrected chi connectivity index (χ0v) is 13.4. The average Bonchev–Trinajstić information content (AvgIpc) is 2.96. The smallest absolute Gasteiger partial charge is 0.0739 e. The molecule has 0 unspecified atom stereocenters. The highest BCUT2D eigenvalue weighted by Gasteiger charge is 2.23. The van der Waals surface area contributed by atoms with Crippen LogP contribution in [0.2, 0.25) is 0 Å². The van der Waals surface area contributed by atoms with Gasteiger partial charge in [-0.2, -0.15) is 5.10 Å². The topological polar surface area (TPSA) is 47.1 Å². The summed E-state index contributed by atoms with van der Waals surface area (Å²) in [5, 5.41) is 4.56. The fourth-order valence-electron chi connectivity index (χ4n) is 2.89. The maximum Gasteiger partial charge on any atom is 0.0739 e. The molecule has 1 aliphatic rings. The predicted octanol–water partition coefficient (Wildman–Crippen LogP) is 3.12. The molecule has 0 radical (unpaired) electrons. The van der Waals surface area contributed by atoms with Crippen molar-refractivity contribution >= 4 is 27.3 Å². The SMILES string of the molecule is CCn1nc(C)c(Br)c1CN1CCc2c(N)cccc21. The molecule has 4 nitrogen and oxygen atoms in total. The van der Waals surface area contributed by atoms with Crippen molar-refractivity contribution < 1.29 is 0 Å². The number of benzene rings is 1. The molecule has 0 saturated carbocycles. The second-order valence-corrected chi connectivity index (χ2v) is 5.97. The molecular formula is C15H19BrN4. The van der Waals surface area contributed by atoms with Gasteiger partial charge in [-0.05, 0) is 48.3 Å². The Bertz CT molecular complexity index is 648. The van der Waals surface area contributed by atoms with Gasteiger partial charge in [0.2, 0.25) is 0 Å². The van der Waals surface area contributed by atoms with E-state index in [-0.39, 0.29) is 0 Å². The Balaban J connectivity index is 1.93. The maximum absolute atomic E-state index is 6.06. The number of fused-ring (bicyclic) bond motifs is 1. The van der Waals surface area contributed by atoms with Crippen LogP contribution in [0.25, 0.3) is 0 Å². The molecule has 0 atom stereocenters. The minimum absolute atomic E-state index is 0.867. The first-order chi connectivity index (χ1) is 9.61. The lowest BCUT2D eigenvalue weighted by Gasteiger charge is -2.20. The van der Waals surface area contributed by atoms with Gasteiger partial charge in [0, 0.05) is 30.0 Å². The molecule has 2 aromatic rings. The molecule has 0 bridgehead atoms. The van der Waals surface area contributed by atoms with E-state index in [9.17, 15) is 0 Å². The van der Waals surface area contributed by atoms with Crippen LogP contribution in [0.5, 0.6) is 0 Å². The Morgan fingerprint density at radius 2 is 2.20 bits per heavy atom. The summed E-state index contributed by atoms with van der Waals surface area (Å²) in [7, 11) is 0. The van der Waals surface area contributed by atoms with Gasteiger partial charge in [-0.25, -0.2) is 0 Å². The van der Waals surface area contributed by atoms with E-state index in [0.717, 1.165) is 41.9 Å². The maximum atomic E-state index is 6.06. The monoisotopic (exact) mass is 334 g/mol. The van der Waals surface area contributed by atoms with Crippen molar-refractivity contribution in [3.63, 3.8) is 0 Å². The highest BCUT2D eigenvalue weighted by molar-refractivity contribution is 9.10. The third-order valence-corrected chi connectivity index (χ3v) is 4.98. The van der Waals surface area contributed by atoms with Crippen LogP contribution in [0.4, 0.5) is 11.4 Å². The Morgan fingerprint density at radius 1 is 1.40 bits per heavy atom. The van der Waals surface area contributed by atoms with Crippen LogP contribution in [0.15, 0.2) is 22.7 Å². The molecule has 0 spiro atoms. The average molecular weight is 335 g/mol. The lowest BCUT2D eigenvalue weighted by molar-refractivity contribution is 0.608. The van der Waals surface area contributed by atoms with Gasteiger partial charge in [0.1, 0.15) is 0 Å². The molecule has 2 heterocycles. The highest BCUT2D eigenvalue weighted by Crippen LogP contribution is 2.34. The first kappa shape index (κ1) is 13.5. The van der Waals surface area contributed by atoms with Gasteiger partial charge in [0.25, 0.3) is 0 Å². The van der Waals surface area contributed by atoms with Crippen molar-refractivity contribution in [1.82, 2.24) is 9.78 Å². The molecule has 3 rings (SSSR count). The van der Waals surface area contributed by atoms with Crippen LogP contribution in [0.1, 0.15) is 23.9 Å². The van der Waals surface area contributed by atoms with Crippen LogP contribution in [-0.2, 0) is 19.5 Å². The van der Waals surface area contributed by atoms with Crippen LogP contribution >= 0.6 is 15.9 Å². The van der Waals surface area contributed by atoms with Gasteiger partial charge >= 0.3 is 0 Å². The molecule has 1 aromatic heterocycles. The number of halogens is 1. The van der Waals surface area contributed by atoms with E-state index in [1.807, 2.05) is 19.1 Å². The van der Waals surface area contributed by atoms with Gasteiger partial charge in [-0.15, -0.1) is 0 Å². The summed E-state index contributed by atoms with van der Waals surface area (Å²) < 4.78 is 3.20. The van der Waals surface area contributed by atoms with Crippen molar-refractivity contribution in [2.45, 2.75) is 33.4 Å². The van der Waals surface area contributed by atoms with Crippen LogP contribution in [-0.4, -0.2) is 16.3 Å². The fraction of sp³-hybridized carbons (Fsp3) is 0.400. The quantitative estimate of drug-likeness (QED) is 0.877. The number of hydrogen-bond donors (Lipinski definition) is 1. The van der Waals surface area contributed by atoms with Crippen LogP contribution < -0.4 is 10.6 Å². The Kier molecular flexibility index (Phi) is 3.46. The molecule has 1 aromatic carbocycles. The number of anilines is 2. The van der Waals surface area contributed by atoms with Crippen LogP contribution in [0.3, 0.4) is 0 Å². The third-order valence-electron chi connectivity index (χ3n) is 3.95. The van der Waals surface area contributed by atoms with E-state index >= 15 is 0 Å². The summed E-state index contributed by atoms with van der Waals surface area (Å²) in [4.78, 5) is 2.39. The fourth-order valence-corrected chi connectivity index (χ4v) is 3.30. The lowest BCUT2D eigenvalue weighted by atomic mass is 10.1. The van der Waals surface area contributed by atoms with E-state index < -0.39 is 0 Å². The molecule has 106 valence electrons. The molecule has 20 heavy (non-hydrogen) atoms. The second kappa shape index (κ2) is 5.13. The Labute approximate surface area is 127 Å². The van der Waals surface area contributed by atoms with E-state index in [0.29, 0.717) is 0 Å². The first-order valence-electron chi connectivity index (χ1n) is 6.96. The number of nitrogens with two attached hydrogens (primary N) is 1. The molecule has 0 amide bonds. The zero-order chi connectivity index (χ0) is 14.3. The number of hydrogen-bond acceptors (Lipinski definition) is 3. The Hall–Kier alpha value is -1.49. The minimum Gasteiger partial charge on any atom is -0.398 e. The molecule has 5 heteroatoms. The summed E-state index contributed by atoms with van der Waals surface area (Å²) in [6.45, 7) is 6.93. The van der Waals surface area contributed by atoms with Crippen molar-refractivity contribution in [2.75, 3.05) is 17.2 Å².